The molecule has 2 aromatic rings. The van der Waals surface area contributed by atoms with Gasteiger partial charge in [-0.3, -0.25) is 0 Å². The van der Waals surface area contributed by atoms with Crippen molar-refractivity contribution in [3.63, 3.8) is 0 Å². The molecule has 1 fully saturated rings. The summed E-state index contributed by atoms with van der Waals surface area (Å²) in [5.41, 5.74) is 3.43. The van der Waals surface area contributed by atoms with E-state index in [-0.39, 0.29) is 5.97 Å². The second-order valence-corrected chi connectivity index (χ2v) is 6.15. The van der Waals surface area contributed by atoms with Crippen molar-refractivity contribution in [3.8, 4) is 11.1 Å². The van der Waals surface area contributed by atoms with Crippen LogP contribution in [0.3, 0.4) is 0 Å². The third kappa shape index (κ3) is 3.21. The molecule has 0 aliphatic carbocycles. The molecule has 1 saturated heterocycles. The molecule has 122 valence electrons. The van der Waals surface area contributed by atoms with E-state index >= 15 is 0 Å². The Hall–Kier alpha value is -1.98. The van der Waals surface area contributed by atoms with Gasteiger partial charge < -0.3 is 19.5 Å². The van der Waals surface area contributed by atoms with Crippen LogP contribution < -0.4 is 4.90 Å². The van der Waals surface area contributed by atoms with Gasteiger partial charge in [0.2, 0.25) is 0 Å². The van der Waals surface area contributed by atoms with Gasteiger partial charge in [0.1, 0.15) is 5.69 Å². The number of nitrogens with one attached hydrogen (secondary N) is 1. The number of H-pyrrole nitrogens is 1. The van der Waals surface area contributed by atoms with Gasteiger partial charge in [0.15, 0.2) is 0 Å². The van der Waals surface area contributed by atoms with E-state index in [1.807, 2.05) is 30.5 Å². The highest BCUT2D eigenvalue weighted by molar-refractivity contribution is 6.30. The number of nitrogens with zero attached hydrogens (tertiary/aromatic N) is 2. The molecule has 0 amide bonds. The fourth-order valence-corrected chi connectivity index (χ4v) is 3.01. The van der Waals surface area contributed by atoms with Gasteiger partial charge >= 0.3 is 5.97 Å². The fourth-order valence-electron chi connectivity index (χ4n) is 2.88. The Morgan fingerprint density at radius 1 is 1.17 bits per heavy atom. The van der Waals surface area contributed by atoms with Crippen molar-refractivity contribution in [3.05, 3.63) is 41.2 Å². The summed E-state index contributed by atoms with van der Waals surface area (Å²) in [5, 5.41) is 0.693. The van der Waals surface area contributed by atoms with Crippen LogP contribution >= 0.6 is 11.6 Å². The molecule has 1 aromatic carbocycles. The number of carbonyl (C=O) groups is 1. The molecular weight excluding hydrogens is 314 g/mol. The molecule has 5 nitrogen and oxygen atoms in total. The lowest BCUT2D eigenvalue weighted by Crippen LogP contribution is -2.45. The molecule has 1 N–H and O–H groups in total. The number of rotatable bonds is 3. The second-order valence-electron chi connectivity index (χ2n) is 5.71. The fraction of sp³-hybridized carbons (Fsp3) is 0.353. The first-order chi connectivity index (χ1) is 11.1. The smallest absolute Gasteiger partial charge is 0.356 e. The first kappa shape index (κ1) is 15.9. The maximum absolute atomic E-state index is 12.1. The van der Waals surface area contributed by atoms with Crippen LogP contribution in [-0.2, 0) is 4.74 Å². The van der Waals surface area contributed by atoms with E-state index in [0.717, 1.165) is 43.0 Å². The van der Waals surface area contributed by atoms with Gasteiger partial charge in [-0.05, 0) is 24.7 Å². The lowest BCUT2D eigenvalue weighted by molar-refractivity contribution is 0.0595. The number of likely N-dealkylation sites (N-methyl/N-ethyl adjacent to an activating group) is 1. The summed E-state index contributed by atoms with van der Waals surface area (Å²) in [6.45, 7) is 3.68. The van der Waals surface area contributed by atoms with Crippen molar-refractivity contribution in [2.75, 3.05) is 45.2 Å². The molecule has 0 saturated carbocycles. The van der Waals surface area contributed by atoms with Crippen LogP contribution in [0.5, 0.6) is 0 Å². The highest BCUT2D eigenvalue weighted by Crippen LogP contribution is 2.35. The number of halogens is 1. The largest absolute Gasteiger partial charge is 0.464 e. The van der Waals surface area contributed by atoms with Crippen LogP contribution in [0.15, 0.2) is 30.5 Å². The van der Waals surface area contributed by atoms with Crippen molar-refractivity contribution in [2.45, 2.75) is 0 Å². The molecule has 2 heterocycles. The van der Waals surface area contributed by atoms with E-state index in [4.69, 9.17) is 16.3 Å². The summed E-state index contributed by atoms with van der Waals surface area (Å²) in [4.78, 5) is 19.7. The molecule has 0 bridgehead atoms. The Morgan fingerprint density at radius 3 is 2.43 bits per heavy atom. The predicted molar refractivity (Wildman–Crippen MR) is 92.3 cm³/mol. The monoisotopic (exact) mass is 333 g/mol. The first-order valence-electron chi connectivity index (χ1n) is 7.59. The van der Waals surface area contributed by atoms with Crippen molar-refractivity contribution < 1.29 is 9.53 Å². The summed E-state index contributed by atoms with van der Waals surface area (Å²) in [7, 11) is 3.51. The minimum Gasteiger partial charge on any atom is -0.464 e. The summed E-state index contributed by atoms with van der Waals surface area (Å²) >= 11 is 5.98. The summed E-state index contributed by atoms with van der Waals surface area (Å²) in [5.74, 6) is -0.348. The molecule has 0 unspecified atom stereocenters. The van der Waals surface area contributed by atoms with Crippen LogP contribution in [0.2, 0.25) is 5.02 Å². The van der Waals surface area contributed by atoms with E-state index in [9.17, 15) is 4.79 Å². The molecular formula is C17H20ClN3O2. The number of anilines is 1. The number of methoxy groups -OCH3 is 1. The van der Waals surface area contributed by atoms with Crippen LogP contribution in [-0.4, -0.2) is 56.2 Å². The normalized spacial score (nSPS) is 15.7. The van der Waals surface area contributed by atoms with Crippen molar-refractivity contribution in [2.24, 2.45) is 0 Å². The van der Waals surface area contributed by atoms with E-state index in [1.54, 1.807) is 0 Å². The zero-order valence-electron chi connectivity index (χ0n) is 13.3. The minimum absolute atomic E-state index is 0.348. The van der Waals surface area contributed by atoms with E-state index in [1.165, 1.54) is 7.11 Å². The average Bonchev–Trinajstić information content (AvgIpc) is 3.00. The lowest BCUT2D eigenvalue weighted by atomic mass is 10.1. The quantitative estimate of drug-likeness (QED) is 0.877. The van der Waals surface area contributed by atoms with Crippen LogP contribution in [0, 0.1) is 0 Å². The first-order valence-corrected chi connectivity index (χ1v) is 7.97. The zero-order chi connectivity index (χ0) is 16.4. The number of aromatic amines is 1. The Balaban J connectivity index is 2.04. The molecule has 6 heteroatoms. The van der Waals surface area contributed by atoms with Gasteiger partial charge in [-0.25, -0.2) is 4.79 Å². The van der Waals surface area contributed by atoms with Gasteiger partial charge in [-0.15, -0.1) is 0 Å². The summed E-state index contributed by atoms with van der Waals surface area (Å²) in [6.07, 6.45) is 1.86. The number of aromatic nitrogens is 1. The van der Waals surface area contributed by atoms with Crippen LogP contribution in [0.4, 0.5) is 5.69 Å². The van der Waals surface area contributed by atoms with E-state index in [2.05, 4.69) is 21.8 Å². The lowest BCUT2D eigenvalue weighted by Gasteiger charge is -2.34. The number of piperazine rings is 1. The van der Waals surface area contributed by atoms with Gasteiger partial charge in [-0.1, -0.05) is 23.7 Å². The van der Waals surface area contributed by atoms with Gasteiger partial charge in [0.25, 0.3) is 0 Å². The molecule has 1 aromatic heterocycles. The number of hydrogen-bond donors (Lipinski definition) is 1. The van der Waals surface area contributed by atoms with Crippen LogP contribution in [0.1, 0.15) is 10.5 Å². The van der Waals surface area contributed by atoms with Gasteiger partial charge in [0.05, 0.1) is 12.8 Å². The SMILES string of the molecule is COC(=O)c1[nH]cc(-c2ccc(Cl)cc2)c1N1CCN(C)CC1. The third-order valence-corrected chi connectivity index (χ3v) is 4.47. The zero-order valence-corrected chi connectivity index (χ0v) is 14.1. The molecule has 0 radical (unpaired) electrons. The molecule has 23 heavy (non-hydrogen) atoms. The maximum atomic E-state index is 12.1. The Morgan fingerprint density at radius 2 is 1.83 bits per heavy atom. The molecule has 1 aliphatic heterocycles. The Bertz CT molecular complexity index is 688. The van der Waals surface area contributed by atoms with Crippen LogP contribution in [0.25, 0.3) is 11.1 Å². The highest BCUT2D eigenvalue weighted by Gasteiger charge is 2.26. The number of carbonyl (C=O) groups excluding carboxylic acids is 1. The topological polar surface area (TPSA) is 48.6 Å². The Labute approximate surface area is 140 Å². The second kappa shape index (κ2) is 6.64. The molecule has 1 aliphatic rings. The van der Waals surface area contributed by atoms with Crippen molar-refractivity contribution >= 4 is 23.3 Å². The van der Waals surface area contributed by atoms with E-state index in [0.29, 0.717) is 10.7 Å². The van der Waals surface area contributed by atoms with Gasteiger partial charge in [0, 0.05) is 43.0 Å². The number of benzene rings is 1. The minimum atomic E-state index is -0.348. The van der Waals surface area contributed by atoms with Gasteiger partial charge in [-0.2, -0.15) is 0 Å². The molecule has 3 rings (SSSR count). The summed E-state index contributed by atoms with van der Waals surface area (Å²) in [6, 6.07) is 7.64. The Kier molecular flexibility index (Phi) is 4.59. The number of ether oxygens (including phenoxy) is 1. The third-order valence-electron chi connectivity index (χ3n) is 4.22. The maximum Gasteiger partial charge on any atom is 0.356 e. The predicted octanol–water partition coefficient (Wildman–Crippen LogP) is 2.87. The standard InChI is InChI=1S/C17H20ClN3O2/c1-20-7-9-21(10-8-20)16-14(11-19-15(16)17(22)23-2)12-3-5-13(18)6-4-12/h3-6,11,19H,7-10H2,1-2H3. The molecule has 0 spiro atoms. The average molecular weight is 334 g/mol. The van der Waals surface area contributed by atoms with Crippen molar-refractivity contribution in [1.82, 2.24) is 9.88 Å². The summed E-state index contributed by atoms with van der Waals surface area (Å²) < 4.78 is 4.93. The molecule has 0 atom stereocenters. The number of esters is 1. The van der Waals surface area contributed by atoms with Crippen molar-refractivity contribution in [1.29, 1.82) is 0 Å². The number of hydrogen-bond acceptors (Lipinski definition) is 4. The highest BCUT2D eigenvalue weighted by atomic mass is 35.5. The van der Waals surface area contributed by atoms with E-state index < -0.39 is 0 Å².